The summed E-state index contributed by atoms with van der Waals surface area (Å²) in [6.45, 7) is 3.85. The van der Waals surface area contributed by atoms with Gasteiger partial charge in [0.2, 0.25) is 12.0 Å². The van der Waals surface area contributed by atoms with Crippen molar-refractivity contribution < 1.29 is 9.59 Å². The zero-order valence-corrected chi connectivity index (χ0v) is 6.70. The predicted octanol–water partition coefficient (Wildman–Crippen LogP) is 0.222. The first-order valence-electron chi connectivity index (χ1n) is 3.44. The third kappa shape index (κ3) is 4.28. The molecule has 2 N–H and O–H groups in total. The Kier molecular flexibility index (Phi) is 4.15. The van der Waals surface area contributed by atoms with E-state index in [0.717, 1.165) is 0 Å². The van der Waals surface area contributed by atoms with Crippen LogP contribution in [-0.4, -0.2) is 18.0 Å². The molecule has 1 amide bonds. The summed E-state index contributed by atoms with van der Waals surface area (Å²) in [7, 11) is 0. The van der Waals surface area contributed by atoms with Crippen LogP contribution in [0.25, 0.3) is 0 Å². The third-order valence-corrected chi connectivity index (χ3v) is 1.23. The molecule has 1 atom stereocenters. The van der Waals surface area contributed by atoms with Crippen LogP contribution in [0, 0.1) is 5.92 Å². The fourth-order valence-electron chi connectivity index (χ4n) is 0.743. The number of hydrogen-bond donors (Lipinski definition) is 1. The van der Waals surface area contributed by atoms with Crippen LogP contribution in [0.15, 0.2) is 4.99 Å². The van der Waals surface area contributed by atoms with Gasteiger partial charge in [0.25, 0.3) is 0 Å². The van der Waals surface area contributed by atoms with E-state index < -0.39 is 11.9 Å². The molecule has 0 aromatic rings. The van der Waals surface area contributed by atoms with Gasteiger partial charge in [0.05, 0.1) is 0 Å². The maximum Gasteiger partial charge on any atom is 0.243 e. The summed E-state index contributed by atoms with van der Waals surface area (Å²) in [6, 6.07) is -0.701. The minimum Gasteiger partial charge on any atom is -0.368 e. The van der Waals surface area contributed by atoms with Gasteiger partial charge in [0.1, 0.15) is 6.04 Å². The molecule has 0 aliphatic heterocycles. The van der Waals surface area contributed by atoms with Crippen LogP contribution >= 0.6 is 0 Å². The van der Waals surface area contributed by atoms with Crippen molar-refractivity contribution in [3.8, 4) is 0 Å². The van der Waals surface area contributed by atoms with Crippen LogP contribution in [0.5, 0.6) is 0 Å². The zero-order chi connectivity index (χ0) is 8.85. The van der Waals surface area contributed by atoms with Crippen molar-refractivity contribution in [2.45, 2.75) is 26.3 Å². The largest absolute Gasteiger partial charge is 0.368 e. The summed E-state index contributed by atoms with van der Waals surface area (Å²) in [5.41, 5.74) is 4.96. The fourth-order valence-corrected chi connectivity index (χ4v) is 0.743. The Bertz CT molecular complexity index is 181. The molecule has 0 fully saturated rings. The number of hydrogen-bond acceptors (Lipinski definition) is 3. The number of rotatable bonds is 4. The fraction of sp³-hybridized carbons (Fsp3) is 0.714. The second-order valence-corrected chi connectivity index (χ2v) is 2.77. The number of primary amides is 1. The monoisotopic (exact) mass is 156 g/mol. The van der Waals surface area contributed by atoms with Crippen molar-refractivity contribution in [1.29, 1.82) is 0 Å². The normalized spacial score (nSPS) is 12.3. The molecule has 4 heteroatoms. The van der Waals surface area contributed by atoms with E-state index in [-0.39, 0.29) is 0 Å². The van der Waals surface area contributed by atoms with Crippen LogP contribution in [0.4, 0.5) is 0 Å². The van der Waals surface area contributed by atoms with E-state index in [1.54, 1.807) is 0 Å². The number of carbonyl (C=O) groups excluding carboxylic acids is 2. The molecule has 4 nitrogen and oxygen atoms in total. The van der Waals surface area contributed by atoms with Crippen molar-refractivity contribution in [2.75, 3.05) is 0 Å². The SMILES string of the molecule is CC(C)CC(N=C=O)C(N)=O. The molecule has 0 saturated heterocycles. The number of amides is 1. The number of aliphatic imine (C=N–C) groups is 1. The van der Waals surface area contributed by atoms with E-state index >= 15 is 0 Å². The predicted molar refractivity (Wildman–Crippen MR) is 40.6 cm³/mol. The summed E-state index contributed by atoms with van der Waals surface area (Å²) in [6.07, 6.45) is 1.83. The van der Waals surface area contributed by atoms with Gasteiger partial charge in [-0.1, -0.05) is 13.8 Å². The standard InChI is InChI=1S/C7H12N2O2/c1-5(2)3-6(7(8)11)9-4-10/h5-6H,3H2,1-2H3,(H2,8,11). The summed E-state index contributed by atoms with van der Waals surface area (Å²) in [5.74, 6) is -0.272. The van der Waals surface area contributed by atoms with Gasteiger partial charge in [0.15, 0.2) is 0 Å². The van der Waals surface area contributed by atoms with Crippen molar-refractivity contribution in [2.24, 2.45) is 16.6 Å². The number of carbonyl (C=O) groups is 1. The molecule has 0 aromatic carbocycles. The molecule has 11 heavy (non-hydrogen) atoms. The van der Waals surface area contributed by atoms with Crippen molar-refractivity contribution in [3.63, 3.8) is 0 Å². The molecule has 0 bridgehead atoms. The maximum absolute atomic E-state index is 10.6. The van der Waals surface area contributed by atoms with Crippen LogP contribution in [0.1, 0.15) is 20.3 Å². The molecule has 0 radical (unpaired) electrons. The minimum absolute atomic E-state index is 0.296. The van der Waals surface area contributed by atoms with E-state index in [2.05, 4.69) is 4.99 Å². The molecule has 62 valence electrons. The molecule has 0 saturated carbocycles. The van der Waals surface area contributed by atoms with E-state index in [4.69, 9.17) is 5.73 Å². The van der Waals surface area contributed by atoms with E-state index in [9.17, 15) is 9.59 Å². The van der Waals surface area contributed by atoms with Crippen LogP contribution in [0.3, 0.4) is 0 Å². The molecule has 0 aliphatic carbocycles. The Morgan fingerprint density at radius 1 is 1.64 bits per heavy atom. The average Bonchev–Trinajstić information content (AvgIpc) is 1.86. The number of nitrogens with two attached hydrogens (primary N) is 1. The summed E-state index contributed by atoms with van der Waals surface area (Å²) in [5, 5.41) is 0. The first-order valence-corrected chi connectivity index (χ1v) is 3.44. The Labute approximate surface area is 65.5 Å². The molecule has 1 unspecified atom stereocenters. The summed E-state index contributed by atoms with van der Waals surface area (Å²) < 4.78 is 0. The van der Waals surface area contributed by atoms with Gasteiger partial charge in [0, 0.05) is 0 Å². The third-order valence-electron chi connectivity index (χ3n) is 1.23. The quantitative estimate of drug-likeness (QED) is 0.467. The lowest BCUT2D eigenvalue weighted by atomic mass is 10.0. The highest BCUT2D eigenvalue weighted by Gasteiger charge is 2.14. The lowest BCUT2D eigenvalue weighted by Gasteiger charge is -2.07. The van der Waals surface area contributed by atoms with Gasteiger partial charge in [-0.3, -0.25) is 4.79 Å². The van der Waals surface area contributed by atoms with Crippen molar-refractivity contribution in [3.05, 3.63) is 0 Å². The summed E-state index contributed by atoms with van der Waals surface area (Å²) in [4.78, 5) is 23.7. The molecule has 0 spiro atoms. The minimum atomic E-state index is -0.701. The second-order valence-electron chi connectivity index (χ2n) is 2.77. The van der Waals surface area contributed by atoms with Crippen LogP contribution < -0.4 is 5.73 Å². The molecular weight excluding hydrogens is 144 g/mol. The highest BCUT2D eigenvalue weighted by Crippen LogP contribution is 2.06. The van der Waals surface area contributed by atoms with E-state index in [1.807, 2.05) is 13.8 Å². The van der Waals surface area contributed by atoms with Crippen LogP contribution in [0.2, 0.25) is 0 Å². The lowest BCUT2D eigenvalue weighted by molar-refractivity contribution is -0.119. The first kappa shape index (κ1) is 9.85. The Hall–Kier alpha value is -1.15. The van der Waals surface area contributed by atoms with Gasteiger partial charge in [-0.05, 0) is 12.3 Å². The van der Waals surface area contributed by atoms with Gasteiger partial charge in [-0.15, -0.1) is 0 Å². The maximum atomic E-state index is 10.6. The second kappa shape index (κ2) is 4.63. The molecular formula is C7H12N2O2. The van der Waals surface area contributed by atoms with E-state index in [1.165, 1.54) is 6.08 Å². The van der Waals surface area contributed by atoms with Gasteiger partial charge in [-0.2, -0.15) is 4.99 Å². The molecule has 0 aliphatic rings. The smallest absolute Gasteiger partial charge is 0.243 e. The van der Waals surface area contributed by atoms with Crippen molar-refractivity contribution >= 4 is 12.0 Å². The molecule has 0 rings (SSSR count). The van der Waals surface area contributed by atoms with Crippen molar-refractivity contribution in [1.82, 2.24) is 0 Å². The Morgan fingerprint density at radius 2 is 2.18 bits per heavy atom. The zero-order valence-electron chi connectivity index (χ0n) is 6.70. The van der Waals surface area contributed by atoms with E-state index in [0.29, 0.717) is 12.3 Å². The van der Waals surface area contributed by atoms with Gasteiger partial charge in [-0.25, -0.2) is 4.79 Å². The van der Waals surface area contributed by atoms with Crippen LogP contribution in [-0.2, 0) is 9.59 Å². The molecule has 0 heterocycles. The Morgan fingerprint density at radius 3 is 2.45 bits per heavy atom. The Balaban J connectivity index is 4.11. The topological polar surface area (TPSA) is 72.5 Å². The number of nitrogens with zero attached hydrogens (tertiary/aromatic N) is 1. The van der Waals surface area contributed by atoms with Gasteiger partial charge >= 0.3 is 0 Å². The first-order chi connectivity index (χ1) is 5.07. The average molecular weight is 156 g/mol. The highest BCUT2D eigenvalue weighted by atomic mass is 16.1. The lowest BCUT2D eigenvalue weighted by Crippen LogP contribution is -2.28. The number of isocyanates is 1. The highest BCUT2D eigenvalue weighted by molar-refractivity contribution is 5.80. The van der Waals surface area contributed by atoms with Gasteiger partial charge < -0.3 is 5.73 Å². The molecule has 0 aromatic heterocycles. The summed E-state index contributed by atoms with van der Waals surface area (Å²) >= 11 is 0.